The van der Waals surface area contributed by atoms with E-state index < -0.39 is 0 Å². The van der Waals surface area contributed by atoms with Crippen LogP contribution in [0.3, 0.4) is 0 Å². The lowest BCUT2D eigenvalue weighted by Gasteiger charge is -2.07. The summed E-state index contributed by atoms with van der Waals surface area (Å²) in [5.41, 5.74) is 1.18. The topological polar surface area (TPSA) is 47.0 Å². The number of aromatic nitrogens is 2. The van der Waals surface area contributed by atoms with Gasteiger partial charge in [-0.05, 0) is 21.5 Å². The third-order valence-electron chi connectivity index (χ3n) is 2.20. The second-order valence-corrected chi connectivity index (χ2v) is 4.24. The predicted molar refractivity (Wildman–Crippen MR) is 70.1 cm³/mol. The molecule has 0 aliphatic rings. The average Bonchev–Trinajstić information content (AvgIpc) is 2.39. The molecule has 0 aliphatic heterocycles. The molecule has 0 radical (unpaired) electrons. The van der Waals surface area contributed by atoms with Gasteiger partial charge in [0.2, 0.25) is 11.8 Å². The lowest BCUT2D eigenvalue weighted by Crippen LogP contribution is -2.04. The van der Waals surface area contributed by atoms with Crippen LogP contribution < -0.4 is 10.1 Å². The van der Waals surface area contributed by atoms with Gasteiger partial charge in [0.15, 0.2) is 0 Å². The minimum Gasteiger partial charge on any atom is -0.480 e. The first-order valence-electron chi connectivity index (χ1n) is 5.14. The van der Waals surface area contributed by atoms with Gasteiger partial charge >= 0.3 is 0 Å². The Morgan fingerprint density at radius 3 is 2.76 bits per heavy atom. The summed E-state index contributed by atoms with van der Waals surface area (Å²) in [4.78, 5) is 8.37. The maximum atomic E-state index is 5.10. The smallest absolute Gasteiger partial charge is 0.232 e. The van der Waals surface area contributed by atoms with Crippen molar-refractivity contribution in [1.29, 1.82) is 0 Å². The van der Waals surface area contributed by atoms with Crippen molar-refractivity contribution < 1.29 is 4.74 Å². The van der Waals surface area contributed by atoms with Gasteiger partial charge in [0.1, 0.15) is 0 Å². The van der Waals surface area contributed by atoms with Crippen molar-refractivity contribution in [3.63, 3.8) is 0 Å². The van der Waals surface area contributed by atoms with Gasteiger partial charge in [0.05, 0.1) is 17.8 Å². The maximum absolute atomic E-state index is 5.10. The standard InChI is InChI=1S/C12H12BrN3O/c1-17-11-10(13)8-15-12(16-11)14-7-9-5-3-2-4-6-9/h2-6,8H,7H2,1H3,(H,14,15,16). The van der Waals surface area contributed by atoms with E-state index >= 15 is 0 Å². The van der Waals surface area contributed by atoms with Crippen LogP contribution in [0.25, 0.3) is 0 Å². The fourth-order valence-electron chi connectivity index (χ4n) is 1.36. The molecule has 0 aliphatic carbocycles. The zero-order chi connectivity index (χ0) is 12.1. The zero-order valence-corrected chi connectivity index (χ0v) is 10.9. The van der Waals surface area contributed by atoms with Crippen LogP contribution in [0.15, 0.2) is 41.0 Å². The van der Waals surface area contributed by atoms with Gasteiger partial charge in [-0.15, -0.1) is 0 Å². The summed E-state index contributed by atoms with van der Waals surface area (Å²) in [7, 11) is 1.58. The van der Waals surface area contributed by atoms with Crippen LogP contribution in [-0.4, -0.2) is 17.1 Å². The van der Waals surface area contributed by atoms with E-state index in [0.29, 0.717) is 18.4 Å². The first-order valence-corrected chi connectivity index (χ1v) is 5.93. The van der Waals surface area contributed by atoms with Gasteiger partial charge in [0.25, 0.3) is 0 Å². The Morgan fingerprint density at radius 1 is 1.29 bits per heavy atom. The molecule has 0 spiro atoms. The van der Waals surface area contributed by atoms with Crippen molar-refractivity contribution in [2.45, 2.75) is 6.54 Å². The van der Waals surface area contributed by atoms with Gasteiger partial charge in [-0.1, -0.05) is 30.3 Å². The summed E-state index contributed by atoms with van der Waals surface area (Å²) >= 11 is 3.31. The van der Waals surface area contributed by atoms with Crippen molar-refractivity contribution in [3.8, 4) is 5.88 Å². The largest absolute Gasteiger partial charge is 0.480 e. The second kappa shape index (κ2) is 5.63. The van der Waals surface area contributed by atoms with Crippen molar-refractivity contribution in [1.82, 2.24) is 9.97 Å². The number of ether oxygens (including phenoxy) is 1. The van der Waals surface area contributed by atoms with Crippen molar-refractivity contribution in [2.75, 3.05) is 12.4 Å². The van der Waals surface area contributed by atoms with Crippen molar-refractivity contribution in [2.24, 2.45) is 0 Å². The number of anilines is 1. The molecule has 0 unspecified atom stereocenters. The molecule has 0 bridgehead atoms. The average molecular weight is 294 g/mol. The Bertz CT molecular complexity index is 490. The number of nitrogens with one attached hydrogen (secondary N) is 1. The van der Waals surface area contributed by atoms with Gasteiger partial charge in [-0.25, -0.2) is 4.98 Å². The second-order valence-electron chi connectivity index (χ2n) is 3.39. The molecule has 0 amide bonds. The van der Waals surface area contributed by atoms with E-state index in [4.69, 9.17) is 4.74 Å². The molecule has 1 aromatic carbocycles. The van der Waals surface area contributed by atoms with E-state index in [2.05, 4.69) is 31.2 Å². The molecule has 1 N–H and O–H groups in total. The quantitative estimate of drug-likeness (QED) is 0.942. The van der Waals surface area contributed by atoms with Crippen LogP contribution in [0.2, 0.25) is 0 Å². The molecular weight excluding hydrogens is 282 g/mol. The maximum Gasteiger partial charge on any atom is 0.232 e. The number of hydrogen-bond donors (Lipinski definition) is 1. The molecule has 0 fully saturated rings. The molecule has 5 heteroatoms. The summed E-state index contributed by atoms with van der Waals surface area (Å²) in [6, 6.07) is 10.1. The van der Waals surface area contributed by atoms with Crippen LogP contribution in [0.5, 0.6) is 5.88 Å². The lowest BCUT2D eigenvalue weighted by atomic mass is 10.2. The van der Waals surface area contributed by atoms with Crippen molar-refractivity contribution in [3.05, 3.63) is 46.6 Å². The Morgan fingerprint density at radius 2 is 2.06 bits per heavy atom. The normalized spacial score (nSPS) is 10.0. The van der Waals surface area contributed by atoms with E-state index in [1.807, 2.05) is 30.3 Å². The fourth-order valence-corrected chi connectivity index (χ4v) is 1.71. The van der Waals surface area contributed by atoms with Crippen LogP contribution in [0.4, 0.5) is 5.95 Å². The van der Waals surface area contributed by atoms with E-state index in [9.17, 15) is 0 Å². The number of methoxy groups -OCH3 is 1. The van der Waals surface area contributed by atoms with E-state index in [1.54, 1.807) is 13.3 Å². The van der Waals surface area contributed by atoms with Gasteiger partial charge in [-0.2, -0.15) is 4.98 Å². The Kier molecular flexibility index (Phi) is 3.93. The highest BCUT2D eigenvalue weighted by atomic mass is 79.9. The third kappa shape index (κ3) is 3.17. The molecule has 0 saturated carbocycles. The molecular formula is C12H12BrN3O. The fraction of sp³-hybridized carbons (Fsp3) is 0.167. The molecule has 1 aromatic heterocycles. The zero-order valence-electron chi connectivity index (χ0n) is 9.35. The Hall–Kier alpha value is -1.62. The van der Waals surface area contributed by atoms with Crippen LogP contribution >= 0.6 is 15.9 Å². The summed E-state index contributed by atoms with van der Waals surface area (Å²) in [6.07, 6.45) is 1.67. The minimum absolute atomic E-state index is 0.524. The number of halogens is 1. The Balaban J connectivity index is 2.04. The number of benzene rings is 1. The highest BCUT2D eigenvalue weighted by Gasteiger charge is 2.04. The number of nitrogens with zero attached hydrogens (tertiary/aromatic N) is 2. The molecule has 4 nitrogen and oxygen atoms in total. The highest BCUT2D eigenvalue weighted by Crippen LogP contribution is 2.21. The number of rotatable bonds is 4. The van der Waals surface area contributed by atoms with Crippen LogP contribution in [0, 0.1) is 0 Å². The summed E-state index contributed by atoms with van der Waals surface area (Å²) in [5, 5.41) is 3.14. The number of hydrogen-bond acceptors (Lipinski definition) is 4. The molecule has 1 heterocycles. The Labute approximate surface area is 108 Å². The van der Waals surface area contributed by atoms with E-state index in [0.717, 1.165) is 4.47 Å². The van der Waals surface area contributed by atoms with Gasteiger partial charge in [0, 0.05) is 6.54 Å². The summed E-state index contributed by atoms with van der Waals surface area (Å²) < 4.78 is 5.84. The highest BCUT2D eigenvalue weighted by molar-refractivity contribution is 9.10. The molecule has 0 saturated heterocycles. The monoisotopic (exact) mass is 293 g/mol. The molecule has 0 atom stereocenters. The summed E-state index contributed by atoms with van der Waals surface area (Å²) in [6.45, 7) is 0.686. The lowest BCUT2D eigenvalue weighted by molar-refractivity contribution is 0.394. The minimum atomic E-state index is 0.524. The first-order chi connectivity index (χ1) is 8.29. The molecule has 2 rings (SSSR count). The predicted octanol–water partition coefficient (Wildman–Crippen LogP) is 2.86. The molecule has 17 heavy (non-hydrogen) atoms. The van der Waals surface area contributed by atoms with Gasteiger partial charge < -0.3 is 10.1 Å². The van der Waals surface area contributed by atoms with E-state index in [-0.39, 0.29) is 0 Å². The third-order valence-corrected chi connectivity index (χ3v) is 2.74. The van der Waals surface area contributed by atoms with Gasteiger partial charge in [-0.3, -0.25) is 0 Å². The van der Waals surface area contributed by atoms with Crippen molar-refractivity contribution >= 4 is 21.9 Å². The first kappa shape index (κ1) is 11.9. The van der Waals surface area contributed by atoms with Crippen LogP contribution in [0.1, 0.15) is 5.56 Å². The molecule has 88 valence electrons. The molecule has 2 aromatic rings. The van der Waals surface area contributed by atoms with Crippen LogP contribution in [-0.2, 0) is 6.54 Å². The summed E-state index contributed by atoms with van der Waals surface area (Å²) in [5.74, 6) is 1.07. The SMILES string of the molecule is COc1nc(NCc2ccccc2)ncc1Br. The van der Waals surface area contributed by atoms with E-state index in [1.165, 1.54) is 5.56 Å².